The van der Waals surface area contributed by atoms with Crippen LogP contribution >= 0.6 is 0 Å². The third kappa shape index (κ3) is 4.78. The van der Waals surface area contributed by atoms with Crippen molar-refractivity contribution < 1.29 is 4.79 Å². The average Bonchev–Trinajstić information content (AvgIpc) is 2.61. The van der Waals surface area contributed by atoms with Gasteiger partial charge in [-0.3, -0.25) is 4.79 Å². The van der Waals surface area contributed by atoms with E-state index in [1.807, 2.05) is 31.2 Å². The standard InChI is InChI=1S/C19H26N4O/c1-4-10-23(11-5-2)18-12-17(21-14-22-18)19(24)20-13-16-9-7-6-8-15(16)3/h6-9,12,14H,4-5,10-11,13H2,1-3H3,(H,20,24). The van der Waals surface area contributed by atoms with Gasteiger partial charge in [0.25, 0.3) is 5.91 Å². The molecule has 1 aromatic carbocycles. The van der Waals surface area contributed by atoms with E-state index in [0.29, 0.717) is 12.2 Å². The van der Waals surface area contributed by atoms with E-state index in [-0.39, 0.29) is 5.91 Å². The second-order valence-corrected chi connectivity index (χ2v) is 5.86. The van der Waals surface area contributed by atoms with Crippen molar-refractivity contribution in [2.75, 3.05) is 18.0 Å². The lowest BCUT2D eigenvalue weighted by Gasteiger charge is -2.22. The fourth-order valence-corrected chi connectivity index (χ4v) is 2.60. The van der Waals surface area contributed by atoms with Crippen LogP contribution in [0.3, 0.4) is 0 Å². The lowest BCUT2D eigenvalue weighted by Crippen LogP contribution is -2.28. The van der Waals surface area contributed by atoms with E-state index in [9.17, 15) is 4.79 Å². The molecule has 5 nitrogen and oxygen atoms in total. The smallest absolute Gasteiger partial charge is 0.270 e. The summed E-state index contributed by atoms with van der Waals surface area (Å²) in [6.07, 6.45) is 3.55. The zero-order valence-electron chi connectivity index (χ0n) is 14.7. The van der Waals surface area contributed by atoms with Crippen molar-refractivity contribution in [1.82, 2.24) is 15.3 Å². The number of anilines is 1. The molecule has 0 bridgehead atoms. The van der Waals surface area contributed by atoms with Crippen molar-refractivity contribution >= 4 is 11.7 Å². The Morgan fingerprint density at radius 2 is 1.83 bits per heavy atom. The monoisotopic (exact) mass is 326 g/mol. The first-order valence-electron chi connectivity index (χ1n) is 8.55. The Morgan fingerprint density at radius 1 is 1.12 bits per heavy atom. The molecule has 0 aliphatic rings. The van der Waals surface area contributed by atoms with Gasteiger partial charge in [0.05, 0.1) is 0 Å². The van der Waals surface area contributed by atoms with E-state index in [2.05, 4.69) is 34.0 Å². The molecule has 24 heavy (non-hydrogen) atoms. The van der Waals surface area contributed by atoms with Crippen LogP contribution in [0.25, 0.3) is 0 Å². The summed E-state index contributed by atoms with van der Waals surface area (Å²) in [5, 5.41) is 2.94. The molecule has 0 saturated carbocycles. The molecule has 0 atom stereocenters. The fourth-order valence-electron chi connectivity index (χ4n) is 2.60. The summed E-state index contributed by atoms with van der Waals surface area (Å²) in [6, 6.07) is 9.81. The Bertz CT molecular complexity index is 666. The first kappa shape index (κ1) is 17.9. The Hall–Kier alpha value is -2.43. The van der Waals surface area contributed by atoms with Crippen molar-refractivity contribution in [3.05, 3.63) is 53.5 Å². The topological polar surface area (TPSA) is 58.1 Å². The first-order chi connectivity index (χ1) is 11.7. The SMILES string of the molecule is CCCN(CCC)c1cc(C(=O)NCc2ccccc2C)ncn1. The van der Waals surface area contributed by atoms with Gasteiger partial charge in [0.1, 0.15) is 17.8 Å². The van der Waals surface area contributed by atoms with Crippen molar-refractivity contribution in [1.29, 1.82) is 0 Å². The molecule has 0 radical (unpaired) electrons. The average molecular weight is 326 g/mol. The maximum absolute atomic E-state index is 12.4. The molecule has 1 amide bonds. The molecular weight excluding hydrogens is 300 g/mol. The van der Waals surface area contributed by atoms with Crippen molar-refractivity contribution in [2.24, 2.45) is 0 Å². The van der Waals surface area contributed by atoms with Gasteiger partial charge in [-0.05, 0) is 30.9 Å². The molecule has 2 rings (SSSR count). The fraction of sp³-hybridized carbons (Fsp3) is 0.421. The molecule has 0 fully saturated rings. The zero-order valence-corrected chi connectivity index (χ0v) is 14.7. The largest absolute Gasteiger partial charge is 0.357 e. The third-order valence-corrected chi connectivity index (χ3v) is 3.90. The number of hydrogen-bond acceptors (Lipinski definition) is 4. The minimum absolute atomic E-state index is 0.171. The summed E-state index contributed by atoms with van der Waals surface area (Å²) in [6.45, 7) is 8.67. The highest BCUT2D eigenvalue weighted by Gasteiger charge is 2.12. The number of nitrogens with zero attached hydrogens (tertiary/aromatic N) is 3. The van der Waals surface area contributed by atoms with E-state index < -0.39 is 0 Å². The molecule has 128 valence electrons. The lowest BCUT2D eigenvalue weighted by molar-refractivity contribution is 0.0945. The summed E-state index contributed by atoms with van der Waals surface area (Å²) in [7, 11) is 0. The van der Waals surface area contributed by atoms with Crippen LogP contribution in [0.5, 0.6) is 0 Å². The van der Waals surface area contributed by atoms with Gasteiger partial charge in [-0.15, -0.1) is 0 Å². The van der Waals surface area contributed by atoms with Crippen LogP contribution in [-0.4, -0.2) is 29.0 Å². The molecule has 0 spiro atoms. The minimum Gasteiger partial charge on any atom is -0.357 e. The molecule has 0 unspecified atom stereocenters. The minimum atomic E-state index is -0.171. The number of rotatable bonds is 8. The quantitative estimate of drug-likeness (QED) is 0.808. The van der Waals surface area contributed by atoms with Gasteiger partial charge in [-0.25, -0.2) is 9.97 Å². The van der Waals surface area contributed by atoms with Crippen molar-refractivity contribution in [2.45, 2.75) is 40.2 Å². The number of amides is 1. The predicted octanol–water partition coefficient (Wildman–Crippen LogP) is 3.34. The van der Waals surface area contributed by atoms with Crippen molar-refractivity contribution in [3.8, 4) is 0 Å². The van der Waals surface area contributed by atoms with Crippen LogP contribution in [0.1, 0.15) is 48.3 Å². The third-order valence-electron chi connectivity index (χ3n) is 3.90. The Morgan fingerprint density at radius 3 is 2.50 bits per heavy atom. The van der Waals surface area contributed by atoms with Crippen LogP contribution in [0.15, 0.2) is 36.7 Å². The van der Waals surface area contributed by atoms with Crippen LogP contribution in [0, 0.1) is 6.92 Å². The maximum atomic E-state index is 12.4. The molecule has 0 aliphatic heterocycles. The summed E-state index contributed by atoms with van der Waals surface area (Å²) in [4.78, 5) is 23.0. The molecule has 0 aliphatic carbocycles. The van der Waals surface area contributed by atoms with E-state index in [0.717, 1.165) is 37.3 Å². The highest BCUT2D eigenvalue weighted by Crippen LogP contribution is 2.13. The summed E-state index contributed by atoms with van der Waals surface area (Å²) in [5.41, 5.74) is 2.68. The number of carbonyl (C=O) groups is 1. The molecule has 2 aromatic rings. The van der Waals surface area contributed by atoms with Gasteiger partial charge in [-0.2, -0.15) is 0 Å². The second kappa shape index (κ2) is 9.01. The Kier molecular flexibility index (Phi) is 6.73. The van der Waals surface area contributed by atoms with Crippen LogP contribution in [-0.2, 0) is 6.54 Å². The molecule has 0 saturated heterocycles. The molecule has 1 heterocycles. The molecular formula is C19H26N4O. The number of benzene rings is 1. The molecule has 1 N–H and O–H groups in total. The number of nitrogens with one attached hydrogen (secondary N) is 1. The van der Waals surface area contributed by atoms with Gasteiger partial charge in [0.2, 0.25) is 0 Å². The highest BCUT2D eigenvalue weighted by molar-refractivity contribution is 5.92. The number of aromatic nitrogens is 2. The van der Waals surface area contributed by atoms with E-state index >= 15 is 0 Å². The van der Waals surface area contributed by atoms with Gasteiger partial charge in [0.15, 0.2) is 0 Å². The van der Waals surface area contributed by atoms with Crippen LogP contribution in [0.2, 0.25) is 0 Å². The van der Waals surface area contributed by atoms with Gasteiger partial charge in [0, 0.05) is 25.7 Å². The van der Waals surface area contributed by atoms with Crippen LogP contribution in [0.4, 0.5) is 5.82 Å². The summed E-state index contributed by atoms with van der Waals surface area (Å²) < 4.78 is 0. The predicted molar refractivity (Wildman–Crippen MR) is 97.2 cm³/mol. The van der Waals surface area contributed by atoms with Crippen molar-refractivity contribution in [3.63, 3.8) is 0 Å². The number of hydrogen-bond donors (Lipinski definition) is 1. The van der Waals surface area contributed by atoms with Gasteiger partial charge in [-0.1, -0.05) is 38.1 Å². The Labute approximate surface area is 144 Å². The lowest BCUT2D eigenvalue weighted by atomic mass is 10.1. The first-order valence-corrected chi connectivity index (χ1v) is 8.55. The van der Waals surface area contributed by atoms with Gasteiger partial charge >= 0.3 is 0 Å². The van der Waals surface area contributed by atoms with E-state index in [1.165, 1.54) is 11.9 Å². The second-order valence-electron chi connectivity index (χ2n) is 5.86. The van der Waals surface area contributed by atoms with Gasteiger partial charge < -0.3 is 10.2 Å². The Balaban J connectivity index is 2.07. The number of aryl methyl sites for hydroxylation is 1. The van der Waals surface area contributed by atoms with E-state index in [1.54, 1.807) is 6.07 Å². The zero-order chi connectivity index (χ0) is 17.4. The normalized spacial score (nSPS) is 10.5. The van der Waals surface area contributed by atoms with E-state index in [4.69, 9.17) is 0 Å². The molecule has 1 aromatic heterocycles. The number of carbonyl (C=O) groups excluding carboxylic acids is 1. The van der Waals surface area contributed by atoms with Crippen LogP contribution < -0.4 is 10.2 Å². The molecule has 5 heteroatoms. The maximum Gasteiger partial charge on any atom is 0.270 e. The summed E-state index contributed by atoms with van der Waals surface area (Å²) in [5.74, 6) is 0.643. The highest BCUT2D eigenvalue weighted by atomic mass is 16.1. The summed E-state index contributed by atoms with van der Waals surface area (Å²) >= 11 is 0.